The molecule has 0 saturated carbocycles. The van der Waals surface area contributed by atoms with Gasteiger partial charge in [0.15, 0.2) is 11.8 Å². The summed E-state index contributed by atoms with van der Waals surface area (Å²) in [6.45, 7) is 13.6. The van der Waals surface area contributed by atoms with Crippen molar-refractivity contribution in [3.8, 4) is 0 Å². The van der Waals surface area contributed by atoms with Crippen LogP contribution >= 0.6 is 24.0 Å². The number of nitrogens with zero attached hydrogens (tertiary/aromatic N) is 4. The summed E-state index contributed by atoms with van der Waals surface area (Å²) in [6, 6.07) is 0.381. The van der Waals surface area contributed by atoms with Crippen molar-refractivity contribution < 1.29 is 0 Å². The zero-order valence-corrected chi connectivity index (χ0v) is 18.0. The van der Waals surface area contributed by atoms with E-state index in [2.05, 4.69) is 53.2 Å². The number of rotatable bonds is 9. The molecule has 0 aliphatic rings. The van der Waals surface area contributed by atoms with E-state index in [1.165, 1.54) is 12.8 Å². The van der Waals surface area contributed by atoms with Crippen LogP contribution in [0.2, 0.25) is 0 Å². The normalized spacial score (nSPS) is 12.7. The molecule has 1 atom stereocenters. The quantitative estimate of drug-likeness (QED) is 0.264. The van der Waals surface area contributed by atoms with E-state index in [0.29, 0.717) is 19.1 Å². The lowest BCUT2D eigenvalue weighted by Gasteiger charge is -2.18. The Kier molecular flexibility index (Phi) is 11.7. The van der Waals surface area contributed by atoms with E-state index in [9.17, 15) is 0 Å². The molecule has 0 aromatic carbocycles. The third kappa shape index (κ3) is 8.65. The molecule has 0 radical (unpaired) electrons. The van der Waals surface area contributed by atoms with Crippen LogP contribution in [0.15, 0.2) is 17.6 Å². The third-order valence-corrected chi connectivity index (χ3v) is 3.78. The molecule has 0 aliphatic heterocycles. The lowest BCUT2D eigenvalue weighted by molar-refractivity contribution is 0.491. The Morgan fingerprint density at radius 3 is 2.54 bits per heavy atom. The molecule has 138 valence electrons. The van der Waals surface area contributed by atoms with Crippen LogP contribution < -0.4 is 10.6 Å². The van der Waals surface area contributed by atoms with Crippen molar-refractivity contribution in [1.82, 2.24) is 25.4 Å². The first-order chi connectivity index (χ1) is 10.9. The van der Waals surface area contributed by atoms with Gasteiger partial charge in [0.2, 0.25) is 0 Å². The summed E-state index contributed by atoms with van der Waals surface area (Å²) in [5.74, 6) is 3.30. The van der Waals surface area contributed by atoms with Gasteiger partial charge in [0, 0.05) is 19.6 Å². The van der Waals surface area contributed by atoms with Gasteiger partial charge in [-0.3, -0.25) is 0 Å². The second-order valence-corrected chi connectivity index (χ2v) is 6.43. The number of hydrogen-bond acceptors (Lipinski definition) is 3. The molecule has 1 aromatic rings. The molecule has 24 heavy (non-hydrogen) atoms. The number of aromatic nitrogens is 3. The van der Waals surface area contributed by atoms with Crippen molar-refractivity contribution in [2.75, 3.05) is 6.54 Å². The van der Waals surface area contributed by atoms with Gasteiger partial charge in [-0.25, -0.2) is 4.99 Å². The summed E-state index contributed by atoms with van der Waals surface area (Å²) in [6.07, 6.45) is 5.45. The first-order valence-electron chi connectivity index (χ1n) is 8.44. The minimum absolute atomic E-state index is 0. The van der Waals surface area contributed by atoms with Crippen molar-refractivity contribution in [1.29, 1.82) is 0 Å². The minimum atomic E-state index is 0. The van der Waals surface area contributed by atoms with Crippen LogP contribution in [-0.2, 0) is 13.6 Å². The SMILES string of the molecule is C=CCNC(=NCc1nnc(C)n1C)NC(C)CCCC(C)C.I. The Hall–Kier alpha value is -1.12. The van der Waals surface area contributed by atoms with Gasteiger partial charge in [-0.2, -0.15) is 0 Å². The number of nitrogens with one attached hydrogen (secondary N) is 2. The highest BCUT2D eigenvalue weighted by Crippen LogP contribution is 2.08. The monoisotopic (exact) mass is 448 g/mol. The van der Waals surface area contributed by atoms with Gasteiger partial charge in [0.05, 0.1) is 0 Å². The second-order valence-electron chi connectivity index (χ2n) is 6.43. The van der Waals surface area contributed by atoms with Crippen LogP contribution in [0.1, 0.15) is 51.7 Å². The Bertz CT molecular complexity index is 509. The number of halogens is 1. The zero-order valence-electron chi connectivity index (χ0n) is 15.7. The first-order valence-corrected chi connectivity index (χ1v) is 8.44. The summed E-state index contributed by atoms with van der Waals surface area (Å²) < 4.78 is 1.96. The molecule has 7 heteroatoms. The Labute approximate surface area is 163 Å². The van der Waals surface area contributed by atoms with Gasteiger partial charge in [-0.1, -0.05) is 32.8 Å². The van der Waals surface area contributed by atoms with Crippen molar-refractivity contribution in [2.24, 2.45) is 18.0 Å². The van der Waals surface area contributed by atoms with Crippen LogP contribution in [0.3, 0.4) is 0 Å². The average Bonchev–Trinajstić information content (AvgIpc) is 2.81. The van der Waals surface area contributed by atoms with Crippen LogP contribution in [0, 0.1) is 12.8 Å². The predicted molar refractivity (Wildman–Crippen MR) is 112 cm³/mol. The Morgan fingerprint density at radius 2 is 2.00 bits per heavy atom. The Balaban J connectivity index is 0.00000529. The second kappa shape index (κ2) is 12.3. The lowest BCUT2D eigenvalue weighted by atomic mass is 10.0. The summed E-state index contributed by atoms with van der Waals surface area (Å²) in [5.41, 5.74) is 0. The summed E-state index contributed by atoms with van der Waals surface area (Å²) in [4.78, 5) is 4.61. The van der Waals surface area contributed by atoms with Gasteiger partial charge < -0.3 is 15.2 Å². The summed E-state index contributed by atoms with van der Waals surface area (Å²) in [5, 5.41) is 14.9. The molecule has 1 unspecified atom stereocenters. The number of aryl methyl sites for hydroxylation is 1. The van der Waals surface area contributed by atoms with Gasteiger partial charge in [-0.15, -0.1) is 40.8 Å². The number of aliphatic imine (C=N–C) groups is 1. The molecule has 0 spiro atoms. The highest BCUT2D eigenvalue weighted by molar-refractivity contribution is 14.0. The molecule has 0 aliphatic carbocycles. The molecule has 0 saturated heterocycles. The maximum absolute atomic E-state index is 4.61. The van der Waals surface area contributed by atoms with Crippen molar-refractivity contribution in [2.45, 2.75) is 59.5 Å². The standard InChI is InChI=1S/C17H32N6.HI/c1-7-11-18-17(20-14(4)10-8-9-13(2)3)19-12-16-22-21-15(5)23(16)6;/h7,13-14H,1,8-12H2,2-6H3,(H2,18,19,20);1H. The molecule has 0 bridgehead atoms. The number of guanidine groups is 1. The summed E-state index contributed by atoms with van der Waals surface area (Å²) >= 11 is 0. The molecule has 1 heterocycles. The van der Waals surface area contributed by atoms with E-state index in [-0.39, 0.29) is 24.0 Å². The van der Waals surface area contributed by atoms with Crippen molar-refractivity contribution >= 4 is 29.9 Å². The highest BCUT2D eigenvalue weighted by Gasteiger charge is 2.08. The molecule has 1 rings (SSSR count). The highest BCUT2D eigenvalue weighted by atomic mass is 127. The molecule has 0 amide bonds. The summed E-state index contributed by atoms with van der Waals surface area (Å²) in [7, 11) is 1.96. The smallest absolute Gasteiger partial charge is 0.192 e. The van der Waals surface area contributed by atoms with Gasteiger partial charge >= 0.3 is 0 Å². The van der Waals surface area contributed by atoms with Crippen LogP contribution in [0.4, 0.5) is 0 Å². The molecular weight excluding hydrogens is 415 g/mol. The fraction of sp³-hybridized carbons (Fsp3) is 0.706. The van der Waals surface area contributed by atoms with Crippen LogP contribution in [0.5, 0.6) is 0 Å². The predicted octanol–water partition coefficient (Wildman–Crippen LogP) is 3.18. The lowest BCUT2D eigenvalue weighted by Crippen LogP contribution is -2.42. The van der Waals surface area contributed by atoms with Crippen LogP contribution in [-0.4, -0.2) is 33.3 Å². The number of hydrogen-bond donors (Lipinski definition) is 2. The molecular formula is C17H33IN6. The topological polar surface area (TPSA) is 67.1 Å². The van der Waals surface area contributed by atoms with E-state index in [1.807, 2.05) is 24.6 Å². The maximum atomic E-state index is 4.61. The molecule has 2 N–H and O–H groups in total. The van der Waals surface area contributed by atoms with Crippen molar-refractivity contribution in [3.63, 3.8) is 0 Å². The molecule has 0 fully saturated rings. The van der Waals surface area contributed by atoms with E-state index < -0.39 is 0 Å². The molecule has 6 nitrogen and oxygen atoms in total. The van der Waals surface area contributed by atoms with Gasteiger partial charge in [-0.05, 0) is 26.2 Å². The van der Waals surface area contributed by atoms with Gasteiger partial charge in [0.25, 0.3) is 0 Å². The fourth-order valence-corrected chi connectivity index (χ4v) is 2.20. The molecule has 1 aromatic heterocycles. The van der Waals surface area contributed by atoms with Crippen LogP contribution in [0.25, 0.3) is 0 Å². The van der Waals surface area contributed by atoms with E-state index in [4.69, 9.17) is 0 Å². The average molecular weight is 448 g/mol. The third-order valence-electron chi connectivity index (χ3n) is 3.78. The minimum Gasteiger partial charge on any atom is -0.354 e. The maximum Gasteiger partial charge on any atom is 0.192 e. The fourth-order valence-electron chi connectivity index (χ4n) is 2.20. The van der Waals surface area contributed by atoms with E-state index in [1.54, 1.807) is 0 Å². The van der Waals surface area contributed by atoms with Gasteiger partial charge in [0.1, 0.15) is 12.4 Å². The van der Waals surface area contributed by atoms with E-state index in [0.717, 1.165) is 29.9 Å². The zero-order chi connectivity index (χ0) is 17.2. The van der Waals surface area contributed by atoms with Crippen molar-refractivity contribution in [3.05, 3.63) is 24.3 Å². The first kappa shape index (κ1) is 22.9. The van der Waals surface area contributed by atoms with E-state index >= 15 is 0 Å². The Morgan fingerprint density at radius 1 is 1.29 bits per heavy atom. The largest absolute Gasteiger partial charge is 0.354 e.